The number of nitrogens with one attached hydrogen (secondary N) is 1. The smallest absolute Gasteiger partial charge is 0.416 e. The molecule has 3 aromatic rings. The van der Waals surface area contributed by atoms with E-state index in [1.165, 1.54) is 25.3 Å². The maximum absolute atomic E-state index is 13.5. The number of halogens is 3. The van der Waals surface area contributed by atoms with Gasteiger partial charge in [-0.25, -0.2) is 8.42 Å². The zero-order chi connectivity index (χ0) is 26.5. The molecule has 0 aliphatic carbocycles. The molecule has 0 spiro atoms. The average molecular weight is 521 g/mol. The summed E-state index contributed by atoms with van der Waals surface area (Å²) in [6, 6.07) is 16.4. The van der Waals surface area contributed by atoms with E-state index in [4.69, 9.17) is 4.74 Å². The molecule has 10 heteroatoms. The van der Waals surface area contributed by atoms with Gasteiger partial charge in [-0.05, 0) is 61.4 Å². The van der Waals surface area contributed by atoms with E-state index in [2.05, 4.69) is 5.32 Å². The number of nitrogens with zero attached hydrogens (tertiary/aromatic N) is 1. The van der Waals surface area contributed by atoms with Crippen LogP contribution in [0.15, 0.2) is 77.7 Å². The molecule has 0 fully saturated rings. The Bertz CT molecular complexity index is 1290. The standard InChI is InChI=1S/C26H27F3N2O4S/c1-4-24(19-10-12-22(35-3)13-11-19)30-25(32)17-31(21-7-5-6-20(16-21)26(27,28)29)36(33,34)23-14-8-18(2)9-15-23/h5-16,24H,4,17H2,1-3H3,(H,30,32)/t24-/m0/s1. The number of sulfonamides is 1. The van der Waals surface area contributed by atoms with Crippen LogP contribution in [0.3, 0.4) is 0 Å². The molecule has 6 nitrogen and oxygen atoms in total. The van der Waals surface area contributed by atoms with Gasteiger partial charge in [-0.2, -0.15) is 13.2 Å². The Labute approximate surface area is 208 Å². The van der Waals surface area contributed by atoms with E-state index in [0.717, 1.165) is 29.3 Å². The second-order valence-electron chi connectivity index (χ2n) is 8.17. The monoisotopic (exact) mass is 520 g/mol. The highest BCUT2D eigenvalue weighted by atomic mass is 32.2. The van der Waals surface area contributed by atoms with E-state index in [1.807, 2.05) is 6.92 Å². The number of hydrogen-bond acceptors (Lipinski definition) is 4. The highest BCUT2D eigenvalue weighted by molar-refractivity contribution is 7.92. The zero-order valence-electron chi connectivity index (χ0n) is 20.0. The third-order valence-electron chi connectivity index (χ3n) is 5.62. The molecule has 1 atom stereocenters. The van der Waals surface area contributed by atoms with Crippen LogP contribution in [0.1, 0.15) is 36.1 Å². The third-order valence-corrected chi connectivity index (χ3v) is 7.41. The molecule has 1 amide bonds. The first-order chi connectivity index (χ1) is 17.0. The summed E-state index contributed by atoms with van der Waals surface area (Å²) in [6.07, 6.45) is -4.18. The summed E-state index contributed by atoms with van der Waals surface area (Å²) in [6.45, 7) is 2.92. The SMILES string of the molecule is CC[C@H](NC(=O)CN(c1cccc(C(F)(F)F)c1)S(=O)(=O)c1ccc(C)cc1)c1ccc(OC)cc1. The first-order valence-corrected chi connectivity index (χ1v) is 12.6. The molecule has 3 aromatic carbocycles. The van der Waals surface area contributed by atoms with Crippen LogP contribution in [-0.2, 0) is 21.0 Å². The predicted octanol–water partition coefficient (Wildman–Crippen LogP) is 5.49. The van der Waals surface area contributed by atoms with Gasteiger partial charge in [0.05, 0.1) is 29.3 Å². The van der Waals surface area contributed by atoms with Crippen LogP contribution in [0.5, 0.6) is 5.75 Å². The van der Waals surface area contributed by atoms with Crippen molar-refractivity contribution in [3.63, 3.8) is 0 Å². The molecule has 0 heterocycles. The molecule has 0 aromatic heterocycles. The van der Waals surface area contributed by atoms with Gasteiger partial charge >= 0.3 is 6.18 Å². The maximum Gasteiger partial charge on any atom is 0.416 e. The normalized spacial score (nSPS) is 12.6. The van der Waals surface area contributed by atoms with Crippen LogP contribution in [0, 0.1) is 6.92 Å². The number of amides is 1. The Morgan fingerprint density at radius 2 is 1.67 bits per heavy atom. The van der Waals surface area contributed by atoms with Crippen LogP contribution < -0.4 is 14.4 Å². The molecule has 0 unspecified atom stereocenters. The van der Waals surface area contributed by atoms with Crippen molar-refractivity contribution in [2.45, 2.75) is 37.4 Å². The quantitative estimate of drug-likeness (QED) is 0.405. The summed E-state index contributed by atoms with van der Waals surface area (Å²) >= 11 is 0. The first-order valence-electron chi connectivity index (χ1n) is 11.2. The summed E-state index contributed by atoms with van der Waals surface area (Å²) in [5, 5.41) is 2.79. The minimum absolute atomic E-state index is 0.138. The summed E-state index contributed by atoms with van der Waals surface area (Å²) in [7, 11) is -2.82. The van der Waals surface area contributed by atoms with Crippen molar-refractivity contribution in [3.8, 4) is 5.75 Å². The molecular formula is C26H27F3N2O4S. The number of benzene rings is 3. The van der Waals surface area contributed by atoms with Crippen molar-refractivity contribution in [1.29, 1.82) is 0 Å². The van der Waals surface area contributed by atoms with E-state index in [0.29, 0.717) is 16.5 Å². The first kappa shape index (κ1) is 27.1. The lowest BCUT2D eigenvalue weighted by atomic mass is 10.0. The third kappa shape index (κ3) is 6.37. The van der Waals surface area contributed by atoms with Crippen LogP contribution >= 0.6 is 0 Å². The number of methoxy groups -OCH3 is 1. The molecule has 0 radical (unpaired) electrons. The van der Waals surface area contributed by atoms with Crippen molar-refractivity contribution in [2.24, 2.45) is 0 Å². The fourth-order valence-electron chi connectivity index (χ4n) is 3.62. The van der Waals surface area contributed by atoms with E-state index in [-0.39, 0.29) is 10.6 Å². The fraction of sp³-hybridized carbons (Fsp3) is 0.269. The van der Waals surface area contributed by atoms with E-state index in [1.54, 1.807) is 43.3 Å². The Hall–Kier alpha value is -3.53. The molecule has 1 N–H and O–H groups in total. The number of rotatable bonds is 9. The largest absolute Gasteiger partial charge is 0.497 e. The fourth-order valence-corrected chi connectivity index (χ4v) is 5.03. The summed E-state index contributed by atoms with van der Waals surface area (Å²) < 4.78 is 72.9. The second-order valence-corrected chi connectivity index (χ2v) is 10.0. The lowest BCUT2D eigenvalue weighted by Gasteiger charge is -2.26. The number of carbonyl (C=O) groups is 1. The number of anilines is 1. The van der Waals surface area contributed by atoms with Gasteiger partial charge < -0.3 is 10.1 Å². The van der Waals surface area contributed by atoms with Crippen molar-refractivity contribution in [1.82, 2.24) is 5.32 Å². The van der Waals surface area contributed by atoms with Gasteiger partial charge in [0.25, 0.3) is 10.0 Å². The van der Waals surface area contributed by atoms with Crippen LogP contribution in [0.25, 0.3) is 0 Å². The highest BCUT2D eigenvalue weighted by Gasteiger charge is 2.33. The van der Waals surface area contributed by atoms with E-state index in [9.17, 15) is 26.4 Å². The Kier molecular flexibility index (Phi) is 8.29. The summed E-state index contributed by atoms with van der Waals surface area (Å²) in [5.74, 6) is -0.0226. The van der Waals surface area contributed by atoms with Gasteiger partial charge in [-0.15, -0.1) is 0 Å². The van der Waals surface area contributed by atoms with Gasteiger partial charge in [0, 0.05) is 0 Å². The molecule has 3 rings (SSSR count). The van der Waals surface area contributed by atoms with Crippen LogP contribution in [0.2, 0.25) is 0 Å². The number of hydrogen-bond donors (Lipinski definition) is 1. The molecule has 0 saturated carbocycles. The highest BCUT2D eigenvalue weighted by Crippen LogP contribution is 2.33. The van der Waals surface area contributed by atoms with E-state index >= 15 is 0 Å². The van der Waals surface area contributed by atoms with Gasteiger partial charge in [0.1, 0.15) is 12.3 Å². The van der Waals surface area contributed by atoms with Crippen molar-refractivity contribution < 1.29 is 31.1 Å². The molecule has 0 saturated heterocycles. The van der Waals surface area contributed by atoms with E-state index < -0.39 is 40.3 Å². The van der Waals surface area contributed by atoms with Gasteiger partial charge in [-0.1, -0.05) is 42.8 Å². The van der Waals surface area contributed by atoms with Gasteiger partial charge in [0.15, 0.2) is 0 Å². The Morgan fingerprint density at radius 1 is 1.03 bits per heavy atom. The van der Waals surface area contributed by atoms with Crippen molar-refractivity contribution >= 4 is 21.6 Å². The topological polar surface area (TPSA) is 75.7 Å². The Balaban J connectivity index is 1.96. The second kappa shape index (κ2) is 11.0. The maximum atomic E-state index is 13.5. The van der Waals surface area contributed by atoms with Gasteiger partial charge in [-0.3, -0.25) is 9.10 Å². The number of ether oxygens (including phenoxy) is 1. The average Bonchev–Trinajstić information content (AvgIpc) is 2.85. The van der Waals surface area contributed by atoms with Crippen molar-refractivity contribution in [3.05, 3.63) is 89.5 Å². The number of aryl methyl sites for hydroxylation is 1. The predicted molar refractivity (Wildman–Crippen MR) is 131 cm³/mol. The number of carbonyl (C=O) groups excluding carboxylic acids is 1. The molecule has 0 aliphatic rings. The van der Waals surface area contributed by atoms with Crippen LogP contribution in [0.4, 0.5) is 18.9 Å². The minimum Gasteiger partial charge on any atom is -0.497 e. The Morgan fingerprint density at radius 3 is 2.22 bits per heavy atom. The molecule has 192 valence electrons. The molecule has 0 bridgehead atoms. The summed E-state index contributed by atoms with van der Waals surface area (Å²) in [4.78, 5) is 12.9. The molecular weight excluding hydrogens is 493 g/mol. The lowest BCUT2D eigenvalue weighted by Crippen LogP contribution is -2.42. The zero-order valence-corrected chi connectivity index (χ0v) is 20.9. The molecule has 36 heavy (non-hydrogen) atoms. The van der Waals surface area contributed by atoms with Gasteiger partial charge in [0.2, 0.25) is 5.91 Å². The van der Waals surface area contributed by atoms with Crippen molar-refractivity contribution in [2.75, 3.05) is 18.0 Å². The number of alkyl halides is 3. The molecule has 0 aliphatic heterocycles. The minimum atomic E-state index is -4.68. The summed E-state index contributed by atoms with van der Waals surface area (Å²) in [5.41, 5.74) is 0.300. The van der Waals surface area contributed by atoms with Crippen LogP contribution in [-0.4, -0.2) is 28.0 Å². The lowest BCUT2D eigenvalue weighted by molar-refractivity contribution is -0.137.